The molecule has 1 amide bonds. The predicted octanol–water partition coefficient (Wildman–Crippen LogP) is 5.33. The van der Waals surface area contributed by atoms with Gasteiger partial charge in [-0.2, -0.15) is 0 Å². The van der Waals surface area contributed by atoms with Gasteiger partial charge in [0.05, 0.1) is 16.9 Å². The standard InChI is InChI=1S/C25H25N3O/c29-24(28-16-5-6-17-28)13-7-10-20-19-9-2-4-12-22(19)27-25(20)23-15-14-18-8-1-3-11-21(18)26-23/h1-4,8-9,11-12,14-15,27H,5-7,10,13,16-17H2. The van der Waals surface area contributed by atoms with E-state index in [1.807, 2.05) is 17.0 Å². The SMILES string of the molecule is O=C(CCCc1c(-c2ccc3ccccc3n2)[nH]c2ccccc12)N1CCCC1. The van der Waals surface area contributed by atoms with Crippen LogP contribution < -0.4 is 0 Å². The Balaban J connectivity index is 1.45. The molecule has 0 atom stereocenters. The fourth-order valence-corrected chi connectivity index (χ4v) is 4.42. The molecule has 3 heterocycles. The van der Waals surface area contributed by atoms with Crippen molar-refractivity contribution in [3.8, 4) is 11.4 Å². The summed E-state index contributed by atoms with van der Waals surface area (Å²) in [6.07, 6.45) is 4.63. The number of carbonyl (C=O) groups is 1. The Kier molecular flexibility index (Phi) is 4.76. The molecule has 4 nitrogen and oxygen atoms in total. The van der Waals surface area contributed by atoms with E-state index in [2.05, 4.69) is 53.5 Å². The second-order valence-electron chi connectivity index (χ2n) is 7.85. The van der Waals surface area contributed by atoms with Gasteiger partial charge in [0.2, 0.25) is 5.91 Å². The van der Waals surface area contributed by atoms with Crippen molar-refractivity contribution in [2.45, 2.75) is 32.1 Å². The predicted molar refractivity (Wildman–Crippen MR) is 118 cm³/mol. The maximum Gasteiger partial charge on any atom is 0.222 e. The van der Waals surface area contributed by atoms with Gasteiger partial charge in [0.25, 0.3) is 0 Å². The van der Waals surface area contributed by atoms with Crippen LogP contribution in [0.3, 0.4) is 0 Å². The lowest BCUT2D eigenvalue weighted by atomic mass is 10.0. The fraction of sp³-hybridized carbons (Fsp3) is 0.280. The van der Waals surface area contributed by atoms with Gasteiger partial charge in [0.1, 0.15) is 0 Å². The van der Waals surface area contributed by atoms with Crippen molar-refractivity contribution in [2.24, 2.45) is 0 Å². The Bertz CT molecular complexity index is 1170. The van der Waals surface area contributed by atoms with E-state index in [4.69, 9.17) is 4.98 Å². The largest absolute Gasteiger partial charge is 0.353 e. The summed E-state index contributed by atoms with van der Waals surface area (Å²) in [4.78, 5) is 22.9. The highest BCUT2D eigenvalue weighted by Gasteiger charge is 2.19. The second kappa shape index (κ2) is 7.70. The van der Waals surface area contributed by atoms with Gasteiger partial charge < -0.3 is 9.88 Å². The lowest BCUT2D eigenvalue weighted by Gasteiger charge is -2.15. The number of likely N-dealkylation sites (tertiary alicyclic amines) is 1. The first-order valence-electron chi connectivity index (χ1n) is 10.5. The quantitative estimate of drug-likeness (QED) is 0.506. The third kappa shape index (κ3) is 3.51. The number of aromatic nitrogens is 2. The molecule has 0 spiro atoms. The molecule has 2 aromatic carbocycles. The Labute approximate surface area is 170 Å². The second-order valence-corrected chi connectivity index (χ2v) is 7.85. The molecular weight excluding hydrogens is 358 g/mol. The minimum absolute atomic E-state index is 0.299. The first kappa shape index (κ1) is 17.9. The number of carbonyl (C=O) groups excluding carboxylic acids is 1. The van der Waals surface area contributed by atoms with Crippen LogP contribution in [0.25, 0.3) is 33.2 Å². The number of fused-ring (bicyclic) bond motifs is 2. The molecule has 29 heavy (non-hydrogen) atoms. The minimum atomic E-state index is 0.299. The van der Waals surface area contributed by atoms with Crippen LogP contribution in [0.4, 0.5) is 0 Å². The number of aryl methyl sites for hydroxylation is 1. The zero-order valence-corrected chi connectivity index (χ0v) is 16.5. The number of benzene rings is 2. The normalized spacial score (nSPS) is 14.1. The van der Waals surface area contributed by atoms with E-state index in [0.717, 1.165) is 66.6 Å². The molecule has 146 valence electrons. The molecule has 1 fully saturated rings. The lowest BCUT2D eigenvalue weighted by Crippen LogP contribution is -2.27. The van der Waals surface area contributed by atoms with Crippen molar-refractivity contribution in [1.82, 2.24) is 14.9 Å². The number of nitrogens with zero attached hydrogens (tertiary/aromatic N) is 2. The monoisotopic (exact) mass is 383 g/mol. The summed E-state index contributed by atoms with van der Waals surface area (Å²) in [6.45, 7) is 1.86. The average molecular weight is 383 g/mol. The molecule has 0 aliphatic carbocycles. The first-order chi connectivity index (χ1) is 14.3. The topological polar surface area (TPSA) is 49.0 Å². The van der Waals surface area contributed by atoms with E-state index < -0.39 is 0 Å². The van der Waals surface area contributed by atoms with E-state index in [-0.39, 0.29) is 0 Å². The average Bonchev–Trinajstić information content (AvgIpc) is 3.42. The molecule has 4 aromatic rings. The molecule has 1 aliphatic rings. The molecule has 5 rings (SSSR count). The third-order valence-electron chi connectivity index (χ3n) is 5.94. The van der Waals surface area contributed by atoms with E-state index in [1.165, 1.54) is 10.9 Å². The van der Waals surface area contributed by atoms with Gasteiger partial charge in [-0.3, -0.25) is 4.79 Å². The summed E-state index contributed by atoms with van der Waals surface area (Å²) in [5.74, 6) is 0.299. The van der Waals surface area contributed by atoms with Gasteiger partial charge >= 0.3 is 0 Å². The van der Waals surface area contributed by atoms with Crippen LogP contribution in [-0.4, -0.2) is 33.9 Å². The molecule has 0 bridgehead atoms. The summed E-state index contributed by atoms with van der Waals surface area (Å²) < 4.78 is 0. The number of hydrogen-bond donors (Lipinski definition) is 1. The fourth-order valence-electron chi connectivity index (χ4n) is 4.42. The summed E-state index contributed by atoms with van der Waals surface area (Å²) in [6, 6.07) is 20.8. The van der Waals surface area contributed by atoms with E-state index >= 15 is 0 Å². The molecule has 0 unspecified atom stereocenters. The van der Waals surface area contributed by atoms with Gasteiger partial charge in [-0.15, -0.1) is 0 Å². The van der Waals surface area contributed by atoms with Crippen molar-refractivity contribution in [1.29, 1.82) is 0 Å². The highest BCUT2D eigenvalue weighted by atomic mass is 16.2. The number of hydrogen-bond acceptors (Lipinski definition) is 2. The van der Waals surface area contributed by atoms with Crippen LogP contribution in [0, 0.1) is 0 Å². The first-order valence-corrected chi connectivity index (χ1v) is 10.5. The summed E-state index contributed by atoms with van der Waals surface area (Å²) in [5.41, 5.74) is 5.42. The molecule has 0 saturated carbocycles. The molecule has 1 N–H and O–H groups in total. The number of pyridine rings is 1. The van der Waals surface area contributed by atoms with Crippen LogP contribution in [0.2, 0.25) is 0 Å². The summed E-state index contributed by atoms with van der Waals surface area (Å²) >= 11 is 0. The Morgan fingerprint density at radius 1 is 0.966 bits per heavy atom. The highest BCUT2D eigenvalue weighted by Crippen LogP contribution is 2.31. The van der Waals surface area contributed by atoms with E-state index in [9.17, 15) is 4.79 Å². The zero-order valence-electron chi connectivity index (χ0n) is 16.5. The van der Waals surface area contributed by atoms with Gasteiger partial charge in [-0.05, 0) is 49.4 Å². The molecular formula is C25H25N3O. The van der Waals surface area contributed by atoms with E-state index in [0.29, 0.717) is 12.3 Å². The molecule has 4 heteroatoms. The molecule has 1 saturated heterocycles. The molecule has 1 aliphatic heterocycles. The summed E-state index contributed by atoms with van der Waals surface area (Å²) in [5, 5.41) is 2.37. The number of amides is 1. The van der Waals surface area contributed by atoms with Crippen LogP contribution in [0.15, 0.2) is 60.7 Å². The van der Waals surface area contributed by atoms with Crippen LogP contribution in [0.5, 0.6) is 0 Å². The van der Waals surface area contributed by atoms with Crippen molar-refractivity contribution in [2.75, 3.05) is 13.1 Å². The Morgan fingerprint density at radius 3 is 2.66 bits per heavy atom. The van der Waals surface area contributed by atoms with Crippen molar-refractivity contribution < 1.29 is 4.79 Å². The number of nitrogens with one attached hydrogen (secondary N) is 1. The highest BCUT2D eigenvalue weighted by molar-refractivity contribution is 5.91. The smallest absolute Gasteiger partial charge is 0.222 e. The summed E-state index contributed by atoms with van der Waals surface area (Å²) in [7, 11) is 0. The third-order valence-corrected chi connectivity index (χ3v) is 5.94. The molecule has 0 radical (unpaired) electrons. The van der Waals surface area contributed by atoms with Gasteiger partial charge in [-0.1, -0.05) is 42.5 Å². The van der Waals surface area contributed by atoms with Crippen LogP contribution >= 0.6 is 0 Å². The maximum atomic E-state index is 12.4. The van der Waals surface area contributed by atoms with Crippen molar-refractivity contribution in [3.63, 3.8) is 0 Å². The maximum absolute atomic E-state index is 12.4. The number of H-pyrrole nitrogens is 1. The van der Waals surface area contributed by atoms with Gasteiger partial charge in [0, 0.05) is 35.8 Å². The van der Waals surface area contributed by atoms with Gasteiger partial charge in [-0.25, -0.2) is 4.98 Å². The lowest BCUT2D eigenvalue weighted by molar-refractivity contribution is -0.130. The number of rotatable bonds is 5. The van der Waals surface area contributed by atoms with Crippen LogP contribution in [0.1, 0.15) is 31.2 Å². The zero-order chi connectivity index (χ0) is 19.6. The van der Waals surface area contributed by atoms with Gasteiger partial charge in [0.15, 0.2) is 0 Å². The van der Waals surface area contributed by atoms with E-state index in [1.54, 1.807) is 0 Å². The van der Waals surface area contributed by atoms with Crippen molar-refractivity contribution in [3.05, 3.63) is 66.2 Å². The Morgan fingerprint density at radius 2 is 1.76 bits per heavy atom. The molecule has 2 aromatic heterocycles. The minimum Gasteiger partial charge on any atom is -0.353 e. The van der Waals surface area contributed by atoms with Crippen LogP contribution in [-0.2, 0) is 11.2 Å². The number of para-hydroxylation sites is 2. The Hall–Kier alpha value is -3.14. The number of aromatic amines is 1. The van der Waals surface area contributed by atoms with Crippen molar-refractivity contribution >= 4 is 27.7 Å².